The third kappa shape index (κ3) is 6.34. The van der Waals surface area contributed by atoms with Crippen LogP contribution in [-0.4, -0.2) is 47.8 Å². The van der Waals surface area contributed by atoms with Crippen LogP contribution in [0, 0.1) is 0 Å². The van der Waals surface area contributed by atoms with Crippen LogP contribution in [-0.2, 0) is 26.1 Å². The van der Waals surface area contributed by atoms with Crippen molar-refractivity contribution in [2.24, 2.45) is 5.73 Å². The molecule has 116 valence electrons. The van der Waals surface area contributed by atoms with E-state index in [9.17, 15) is 18.0 Å². The summed E-state index contributed by atoms with van der Waals surface area (Å²) in [5, 5.41) is 11.2. The maximum absolute atomic E-state index is 11.7. The molecule has 0 bridgehead atoms. The second-order valence-corrected chi connectivity index (χ2v) is 5.94. The Balaban J connectivity index is 2.71. The first-order chi connectivity index (χ1) is 9.69. The first kappa shape index (κ1) is 17.1. The lowest BCUT2D eigenvalue weighted by atomic mass is 10.1. The molecule has 0 radical (unpaired) electrons. The van der Waals surface area contributed by atoms with Gasteiger partial charge in [-0.25, -0.2) is 4.79 Å². The number of carbonyl (C=O) groups is 2. The minimum absolute atomic E-state index is 0.0283. The number of nitrogens with one attached hydrogen (secondary N) is 1. The fourth-order valence-corrected chi connectivity index (χ4v) is 2.24. The lowest BCUT2D eigenvalue weighted by Gasteiger charge is -2.17. The van der Waals surface area contributed by atoms with Crippen LogP contribution in [0.15, 0.2) is 30.3 Å². The molecule has 0 aliphatic carbocycles. The molecule has 8 nitrogen and oxygen atoms in total. The third-order valence-corrected chi connectivity index (χ3v) is 3.40. The van der Waals surface area contributed by atoms with Crippen LogP contribution in [0.3, 0.4) is 0 Å². The number of aliphatic carboxylic acids is 1. The lowest BCUT2D eigenvalue weighted by Crippen LogP contribution is -2.51. The predicted molar refractivity (Wildman–Crippen MR) is 74.1 cm³/mol. The summed E-state index contributed by atoms with van der Waals surface area (Å²) in [6.45, 7) is 0. The van der Waals surface area contributed by atoms with E-state index in [2.05, 4.69) is 5.32 Å². The summed E-state index contributed by atoms with van der Waals surface area (Å²) in [4.78, 5) is 22.8. The molecular weight excluding hydrogens is 300 g/mol. The largest absolute Gasteiger partial charge is 0.480 e. The Morgan fingerprint density at radius 3 is 2.29 bits per heavy atom. The zero-order valence-electron chi connectivity index (χ0n) is 11.0. The molecule has 1 aromatic carbocycles. The van der Waals surface area contributed by atoms with Crippen molar-refractivity contribution in [2.45, 2.75) is 18.5 Å². The van der Waals surface area contributed by atoms with Crippen LogP contribution in [0.4, 0.5) is 0 Å². The number of benzene rings is 1. The van der Waals surface area contributed by atoms with Crippen molar-refractivity contribution in [1.82, 2.24) is 5.32 Å². The van der Waals surface area contributed by atoms with Gasteiger partial charge in [-0.3, -0.25) is 9.35 Å². The minimum Gasteiger partial charge on any atom is -0.480 e. The van der Waals surface area contributed by atoms with Crippen LogP contribution < -0.4 is 11.1 Å². The van der Waals surface area contributed by atoms with Gasteiger partial charge in [0, 0.05) is 6.42 Å². The molecule has 0 saturated heterocycles. The minimum atomic E-state index is -4.42. The van der Waals surface area contributed by atoms with Crippen molar-refractivity contribution in [2.75, 3.05) is 5.75 Å². The van der Waals surface area contributed by atoms with Gasteiger partial charge in [0.15, 0.2) is 0 Å². The van der Waals surface area contributed by atoms with Crippen molar-refractivity contribution < 1.29 is 27.7 Å². The summed E-state index contributed by atoms with van der Waals surface area (Å²) < 4.78 is 29.9. The number of nitrogens with two attached hydrogens (primary N) is 1. The van der Waals surface area contributed by atoms with Crippen molar-refractivity contribution in [3.05, 3.63) is 35.9 Å². The van der Waals surface area contributed by atoms with Gasteiger partial charge in [-0.05, 0) is 5.56 Å². The van der Waals surface area contributed by atoms with Gasteiger partial charge in [-0.15, -0.1) is 0 Å². The van der Waals surface area contributed by atoms with Crippen molar-refractivity contribution >= 4 is 22.0 Å². The molecule has 2 atom stereocenters. The van der Waals surface area contributed by atoms with E-state index in [1.807, 2.05) is 0 Å². The quantitative estimate of drug-likeness (QED) is 0.472. The van der Waals surface area contributed by atoms with Gasteiger partial charge >= 0.3 is 5.97 Å². The highest BCUT2D eigenvalue weighted by Gasteiger charge is 2.26. The summed E-state index contributed by atoms with van der Waals surface area (Å²) in [6, 6.07) is 5.81. The van der Waals surface area contributed by atoms with Gasteiger partial charge in [0.05, 0.1) is 5.75 Å². The number of hydrogen-bond acceptors (Lipinski definition) is 5. The van der Waals surface area contributed by atoms with Crippen LogP contribution in [0.1, 0.15) is 5.56 Å². The number of carboxylic acids is 1. The summed E-state index contributed by atoms with van der Waals surface area (Å²) in [5.41, 5.74) is 5.99. The summed E-state index contributed by atoms with van der Waals surface area (Å²) in [6.07, 6.45) is 0.0283. The highest BCUT2D eigenvalue weighted by atomic mass is 32.2. The van der Waals surface area contributed by atoms with E-state index in [1.54, 1.807) is 30.3 Å². The second-order valence-electron chi connectivity index (χ2n) is 4.44. The molecule has 0 aliphatic rings. The van der Waals surface area contributed by atoms with E-state index in [-0.39, 0.29) is 6.42 Å². The van der Waals surface area contributed by atoms with Gasteiger partial charge < -0.3 is 16.2 Å². The first-order valence-electron chi connectivity index (χ1n) is 5.97. The Morgan fingerprint density at radius 2 is 1.81 bits per heavy atom. The summed E-state index contributed by atoms with van der Waals surface area (Å²) >= 11 is 0. The van der Waals surface area contributed by atoms with E-state index >= 15 is 0 Å². The Morgan fingerprint density at radius 1 is 1.24 bits per heavy atom. The highest BCUT2D eigenvalue weighted by Crippen LogP contribution is 2.04. The van der Waals surface area contributed by atoms with E-state index in [1.165, 1.54) is 0 Å². The molecule has 0 fully saturated rings. The van der Waals surface area contributed by atoms with Gasteiger partial charge in [0.1, 0.15) is 12.1 Å². The fraction of sp³-hybridized carbons (Fsp3) is 0.333. The van der Waals surface area contributed by atoms with Crippen LogP contribution >= 0.6 is 0 Å². The van der Waals surface area contributed by atoms with E-state index in [4.69, 9.17) is 15.4 Å². The van der Waals surface area contributed by atoms with Gasteiger partial charge in [-0.1, -0.05) is 30.3 Å². The number of carbonyl (C=O) groups excluding carboxylic acids is 1. The van der Waals surface area contributed by atoms with Crippen molar-refractivity contribution in [1.29, 1.82) is 0 Å². The highest BCUT2D eigenvalue weighted by molar-refractivity contribution is 7.85. The molecule has 0 heterocycles. The molecule has 0 saturated carbocycles. The molecule has 5 N–H and O–H groups in total. The molecule has 1 amide bonds. The third-order valence-electron chi connectivity index (χ3n) is 2.62. The second kappa shape index (κ2) is 7.16. The maximum atomic E-state index is 11.7. The lowest BCUT2D eigenvalue weighted by molar-refractivity contribution is -0.141. The number of hydrogen-bond donors (Lipinski definition) is 4. The zero-order valence-corrected chi connectivity index (χ0v) is 11.8. The van der Waals surface area contributed by atoms with E-state index in [0.717, 1.165) is 0 Å². The average molecular weight is 316 g/mol. The SMILES string of the molecule is NC(CS(=O)(=O)O)C(=O)NC(Cc1ccccc1)C(=O)O. The Labute approximate surface area is 121 Å². The molecule has 9 heteroatoms. The normalized spacial score (nSPS) is 14.2. The molecule has 1 aromatic rings. The van der Waals surface area contributed by atoms with Gasteiger partial charge in [0.25, 0.3) is 10.1 Å². The average Bonchev–Trinajstić information content (AvgIpc) is 2.36. The molecule has 2 unspecified atom stereocenters. The molecular formula is C12H16N2O6S. The zero-order chi connectivity index (χ0) is 16.0. The van der Waals surface area contributed by atoms with Crippen LogP contribution in [0.25, 0.3) is 0 Å². The van der Waals surface area contributed by atoms with E-state index < -0.39 is 39.8 Å². The Hall–Kier alpha value is -1.97. The van der Waals surface area contributed by atoms with E-state index in [0.29, 0.717) is 5.56 Å². The topological polar surface area (TPSA) is 147 Å². The summed E-state index contributed by atoms with van der Waals surface area (Å²) in [7, 11) is -4.42. The Kier molecular flexibility index (Phi) is 5.82. The van der Waals surface area contributed by atoms with Crippen molar-refractivity contribution in [3.8, 4) is 0 Å². The monoisotopic (exact) mass is 316 g/mol. The van der Waals surface area contributed by atoms with Gasteiger partial charge in [0.2, 0.25) is 5.91 Å². The molecule has 1 rings (SSSR count). The Bertz CT molecular complexity index is 601. The van der Waals surface area contributed by atoms with Crippen LogP contribution in [0.5, 0.6) is 0 Å². The summed E-state index contributed by atoms with van der Waals surface area (Å²) in [5.74, 6) is -3.21. The number of carboxylic acid groups (broad SMARTS) is 1. The molecule has 0 aliphatic heterocycles. The number of amides is 1. The molecule has 0 aromatic heterocycles. The standard InChI is InChI=1S/C12H16N2O6S/c13-9(7-21(18,19)20)11(15)14-10(12(16)17)6-8-4-2-1-3-5-8/h1-5,9-10H,6-7,13H2,(H,14,15)(H,16,17)(H,18,19,20). The maximum Gasteiger partial charge on any atom is 0.326 e. The van der Waals surface area contributed by atoms with Crippen LogP contribution in [0.2, 0.25) is 0 Å². The molecule has 21 heavy (non-hydrogen) atoms. The fourth-order valence-electron chi connectivity index (χ4n) is 1.63. The predicted octanol–water partition coefficient (Wildman–Crippen LogP) is -0.986. The first-order valence-corrected chi connectivity index (χ1v) is 7.58. The van der Waals surface area contributed by atoms with Gasteiger partial charge in [-0.2, -0.15) is 8.42 Å². The molecule has 0 spiro atoms. The smallest absolute Gasteiger partial charge is 0.326 e. The van der Waals surface area contributed by atoms with Crippen molar-refractivity contribution in [3.63, 3.8) is 0 Å². The number of rotatable bonds is 7.